The van der Waals surface area contributed by atoms with Crippen molar-refractivity contribution in [3.8, 4) is 11.8 Å². The summed E-state index contributed by atoms with van der Waals surface area (Å²) in [5, 5.41) is 14.1. The zero-order valence-electron chi connectivity index (χ0n) is 5.87. The van der Waals surface area contributed by atoms with Crippen molar-refractivity contribution in [2.24, 2.45) is 0 Å². The molecule has 0 unspecified atom stereocenters. The number of rotatable bonds is 1. The Hall–Kier alpha value is -2.09. The van der Waals surface area contributed by atoms with Crippen molar-refractivity contribution in [3.63, 3.8) is 0 Å². The lowest BCUT2D eigenvalue weighted by Gasteiger charge is -1.79. The minimum atomic E-state index is -1.24. The standard InChI is InChI=1S/C7H4N2O3/c10-4-6-5(3-8-9-6)1-2-7(11)12/h3-4H,(H,8,9)(H,11,12). The largest absolute Gasteiger partial charge is 0.472 e. The van der Waals surface area contributed by atoms with Gasteiger partial charge in [0.25, 0.3) is 0 Å². The molecular formula is C7H4N2O3. The first-order valence-electron chi connectivity index (χ1n) is 2.97. The average molecular weight is 164 g/mol. The summed E-state index contributed by atoms with van der Waals surface area (Å²) in [6.07, 6.45) is 1.82. The molecule has 0 radical (unpaired) electrons. The summed E-state index contributed by atoms with van der Waals surface area (Å²) in [4.78, 5) is 20.2. The summed E-state index contributed by atoms with van der Waals surface area (Å²) in [5.74, 6) is 2.90. The zero-order valence-corrected chi connectivity index (χ0v) is 5.87. The SMILES string of the molecule is O=Cc1[nH]ncc1C#CC(=O)O. The highest BCUT2D eigenvalue weighted by Crippen LogP contribution is 1.97. The number of aromatic amines is 1. The van der Waals surface area contributed by atoms with E-state index in [0.29, 0.717) is 6.29 Å². The lowest BCUT2D eigenvalue weighted by atomic mass is 10.3. The van der Waals surface area contributed by atoms with Gasteiger partial charge in [-0.25, -0.2) is 4.79 Å². The van der Waals surface area contributed by atoms with Crippen molar-refractivity contribution in [1.29, 1.82) is 0 Å². The van der Waals surface area contributed by atoms with E-state index in [4.69, 9.17) is 5.11 Å². The van der Waals surface area contributed by atoms with E-state index in [1.54, 1.807) is 0 Å². The molecule has 60 valence electrons. The van der Waals surface area contributed by atoms with Gasteiger partial charge in [0.05, 0.1) is 11.8 Å². The summed E-state index contributed by atoms with van der Waals surface area (Å²) in [6.45, 7) is 0. The number of nitrogens with zero attached hydrogens (tertiary/aromatic N) is 1. The highest BCUT2D eigenvalue weighted by Gasteiger charge is 1.99. The van der Waals surface area contributed by atoms with E-state index in [1.165, 1.54) is 6.20 Å². The zero-order chi connectivity index (χ0) is 8.97. The van der Waals surface area contributed by atoms with Gasteiger partial charge >= 0.3 is 5.97 Å². The fraction of sp³-hybridized carbons (Fsp3) is 0. The van der Waals surface area contributed by atoms with Crippen LogP contribution in [0.5, 0.6) is 0 Å². The van der Waals surface area contributed by atoms with Crippen LogP contribution in [-0.4, -0.2) is 27.6 Å². The van der Waals surface area contributed by atoms with Crippen molar-refractivity contribution in [2.75, 3.05) is 0 Å². The summed E-state index contributed by atoms with van der Waals surface area (Å²) in [7, 11) is 0. The minimum absolute atomic E-state index is 0.184. The van der Waals surface area contributed by atoms with E-state index < -0.39 is 5.97 Å². The molecule has 1 aromatic rings. The summed E-state index contributed by atoms with van der Waals surface area (Å²) in [6, 6.07) is 0. The van der Waals surface area contributed by atoms with Gasteiger partial charge in [0.2, 0.25) is 0 Å². The van der Waals surface area contributed by atoms with E-state index in [1.807, 2.05) is 5.92 Å². The molecule has 5 heteroatoms. The highest BCUT2D eigenvalue weighted by molar-refractivity contribution is 5.88. The maximum atomic E-state index is 10.2. The molecule has 0 aliphatic heterocycles. The Morgan fingerprint density at radius 2 is 2.50 bits per heavy atom. The molecule has 5 nitrogen and oxygen atoms in total. The van der Waals surface area contributed by atoms with Crippen LogP contribution in [0.3, 0.4) is 0 Å². The number of carbonyl (C=O) groups excluding carboxylic acids is 1. The minimum Gasteiger partial charge on any atom is -0.472 e. The number of hydrogen-bond donors (Lipinski definition) is 2. The number of carbonyl (C=O) groups is 2. The Balaban J connectivity index is 2.98. The molecule has 0 atom stereocenters. The van der Waals surface area contributed by atoms with E-state index in [9.17, 15) is 9.59 Å². The van der Waals surface area contributed by atoms with Crippen LogP contribution in [0.2, 0.25) is 0 Å². The molecule has 0 fully saturated rings. The first-order valence-corrected chi connectivity index (χ1v) is 2.97. The van der Waals surface area contributed by atoms with Crippen LogP contribution in [0.25, 0.3) is 0 Å². The van der Waals surface area contributed by atoms with Crippen LogP contribution in [-0.2, 0) is 4.79 Å². The van der Waals surface area contributed by atoms with Crippen LogP contribution < -0.4 is 0 Å². The van der Waals surface area contributed by atoms with Crippen LogP contribution >= 0.6 is 0 Å². The Bertz CT molecular complexity index is 369. The number of carboxylic acid groups (broad SMARTS) is 1. The van der Waals surface area contributed by atoms with Gasteiger partial charge in [0.15, 0.2) is 6.29 Å². The molecule has 0 aliphatic rings. The number of hydrogen-bond acceptors (Lipinski definition) is 3. The van der Waals surface area contributed by atoms with Gasteiger partial charge in [0, 0.05) is 5.92 Å². The molecule has 1 rings (SSSR count). The summed E-state index contributed by atoms with van der Waals surface area (Å²) < 4.78 is 0. The highest BCUT2D eigenvalue weighted by atomic mass is 16.4. The Morgan fingerprint density at radius 1 is 1.75 bits per heavy atom. The molecule has 0 amide bonds. The molecule has 0 aliphatic carbocycles. The third-order valence-corrected chi connectivity index (χ3v) is 1.09. The lowest BCUT2D eigenvalue weighted by Crippen LogP contribution is -1.88. The molecule has 2 N–H and O–H groups in total. The topological polar surface area (TPSA) is 83.0 Å². The molecule has 0 spiro atoms. The van der Waals surface area contributed by atoms with Crippen molar-refractivity contribution >= 4 is 12.3 Å². The number of carboxylic acids is 1. The van der Waals surface area contributed by atoms with Crippen molar-refractivity contribution in [1.82, 2.24) is 10.2 Å². The first kappa shape index (κ1) is 8.01. The molecule has 12 heavy (non-hydrogen) atoms. The second-order valence-corrected chi connectivity index (χ2v) is 1.87. The van der Waals surface area contributed by atoms with Gasteiger partial charge in [-0.15, -0.1) is 0 Å². The average Bonchev–Trinajstić information content (AvgIpc) is 2.47. The van der Waals surface area contributed by atoms with Crippen molar-refractivity contribution < 1.29 is 14.7 Å². The van der Waals surface area contributed by atoms with Gasteiger partial charge in [-0.2, -0.15) is 5.10 Å². The fourth-order valence-corrected chi connectivity index (χ4v) is 0.606. The van der Waals surface area contributed by atoms with Gasteiger partial charge < -0.3 is 5.11 Å². The van der Waals surface area contributed by atoms with Gasteiger partial charge in [0.1, 0.15) is 5.69 Å². The number of nitrogens with one attached hydrogen (secondary N) is 1. The molecule has 0 saturated carbocycles. The Labute approximate surface area is 67.4 Å². The number of aldehydes is 1. The predicted molar refractivity (Wildman–Crippen MR) is 38.5 cm³/mol. The van der Waals surface area contributed by atoms with Gasteiger partial charge in [-0.3, -0.25) is 9.89 Å². The summed E-state index contributed by atoms with van der Waals surface area (Å²) in [5.41, 5.74) is 0.469. The van der Waals surface area contributed by atoms with Crippen molar-refractivity contribution in [2.45, 2.75) is 0 Å². The molecule has 0 saturated heterocycles. The smallest absolute Gasteiger partial charge is 0.382 e. The van der Waals surface area contributed by atoms with Crippen LogP contribution in [0, 0.1) is 11.8 Å². The molecule has 1 aromatic heterocycles. The van der Waals surface area contributed by atoms with Crippen molar-refractivity contribution in [3.05, 3.63) is 17.5 Å². The number of H-pyrrole nitrogens is 1. The maximum absolute atomic E-state index is 10.2. The molecule has 0 aromatic carbocycles. The molecule has 1 heterocycles. The monoisotopic (exact) mass is 164 g/mol. The van der Waals surface area contributed by atoms with E-state index in [2.05, 4.69) is 16.1 Å². The van der Waals surface area contributed by atoms with Crippen LogP contribution in [0.15, 0.2) is 6.20 Å². The second kappa shape index (κ2) is 3.34. The summed E-state index contributed by atoms with van der Waals surface area (Å²) >= 11 is 0. The Kier molecular flexibility index (Phi) is 2.23. The number of aromatic nitrogens is 2. The third-order valence-electron chi connectivity index (χ3n) is 1.09. The van der Waals surface area contributed by atoms with E-state index in [0.717, 1.165) is 0 Å². The second-order valence-electron chi connectivity index (χ2n) is 1.87. The third kappa shape index (κ3) is 1.70. The maximum Gasteiger partial charge on any atom is 0.382 e. The first-order chi connectivity index (χ1) is 5.74. The quantitative estimate of drug-likeness (QED) is 0.439. The number of aliphatic carboxylic acids is 1. The van der Waals surface area contributed by atoms with Crippen LogP contribution in [0.4, 0.5) is 0 Å². The van der Waals surface area contributed by atoms with E-state index in [-0.39, 0.29) is 11.3 Å². The van der Waals surface area contributed by atoms with Gasteiger partial charge in [-0.1, -0.05) is 5.92 Å². The Morgan fingerprint density at radius 3 is 3.08 bits per heavy atom. The fourth-order valence-electron chi connectivity index (χ4n) is 0.606. The molecular weight excluding hydrogens is 160 g/mol. The predicted octanol–water partition coefficient (Wildman–Crippen LogP) is -0.342. The molecule has 0 bridgehead atoms. The normalized spacial score (nSPS) is 8.33. The van der Waals surface area contributed by atoms with Gasteiger partial charge in [-0.05, 0) is 0 Å². The van der Waals surface area contributed by atoms with Crippen LogP contribution in [0.1, 0.15) is 16.1 Å². The van der Waals surface area contributed by atoms with E-state index >= 15 is 0 Å². The lowest BCUT2D eigenvalue weighted by molar-refractivity contribution is -0.130.